The average Bonchev–Trinajstić information content (AvgIpc) is 3.73. The van der Waals surface area contributed by atoms with E-state index in [1.807, 2.05) is 0 Å². The summed E-state index contributed by atoms with van der Waals surface area (Å²) >= 11 is 0. The molecule has 8 aromatic rings. The number of hydrogen-bond donors (Lipinski definition) is 0. The molecule has 0 saturated heterocycles. The molecule has 0 N–H and O–H groups in total. The second kappa shape index (κ2) is 12.2. The monoisotopic (exact) mass is 765 g/mol. The van der Waals surface area contributed by atoms with Crippen LogP contribution < -0.4 is 31.1 Å². The molecule has 12 rings (SSSR count). The van der Waals surface area contributed by atoms with Gasteiger partial charge in [-0.3, -0.25) is 0 Å². The van der Waals surface area contributed by atoms with Gasteiger partial charge >= 0.3 is 0 Å². The molecule has 4 nitrogen and oxygen atoms in total. The maximum atomic E-state index is 6.89. The number of anilines is 8. The normalized spacial score (nSPS) is 20.4. The molecule has 2 atom stereocenters. The molecule has 4 aliphatic rings. The van der Waals surface area contributed by atoms with Crippen LogP contribution >= 0.6 is 0 Å². The summed E-state index contributed by atoms with van der Waals surface area (Å²) in [5.74, 6) is 0. The van der Waals surface area contributed by atoms with Gasteiger partial charge in [0, 0.05) is 56.0 Å². The second-order valence-corrected chi connectivity index (χ2v) is 18.8. The zero-order valence-electron chi connectivity index (χ0n) is 34.6. The summed E-state index contributed by atoms with van der Waals surface area (Å²) in [6, 6.07) is 56.8. The number of benzene rings is 7. The molecule has 1 fully saturated rings. The topological polar surface area (TPSA) is 22.9 Å². The Bertz CT molecular complexity index is 3000. The number of para-hydroxylation sites is 4. The Hall–Kier alpha value is -6.20. The molecular weight excluding hydrogens is 717 g/mol. The summed E-state index contributed by atoms with van der Waals surface area (Å²) in [6.45, 7) is 12.1. The van der Waals surface area contributed by atoms with Crippen molar-refractivity contribution in [2.75, 3.05) is 14.7 Å². The average molecular weight is 766 g/mol. The van der Waals surface area contributed by atoms with Crippen LogP contribution in [0.5, 0.6) is 0 Å². The van der Waals surface area contributed by atoms with Gasteiger partial charge in [0.1, 0.15) is 5.58 Å². The molecule has 2 unspecified atom stereocenters. The summed E-state index contributed by atoms with van der Waals surface area (Å²) in [6.07, 6.45) is 4.80. The predicted octanol–water partition coefficient (Wildman–Crippen LogP) is 12.7. The zero-order chi connectivity index (χ0) is 39.8. The Labute approximate surface area is 347 Å². The Morgan fingerprint density at radius 2 is 1.19 bits per heavy atom. The van der Waals surface area contributed by atoms with E-state index in [0.29, 0.717) is 0 Å². The first-order valence-corrected chi connectivity index (χ1v) is 21.5. The van der Waals surface area contributed by atoms with Gasteiger partial charge in [-0.15, -0.1) is 0 Å². The van der Waals surface area contributed by atoms with Crippen LogP contribution in [0.25, 0.3) is 21.9 Å². The highest BCUT2D eigenvalue weighted by Crippen LogP contribution is 2.62. The fourth-order valence-corrected chi connectivity index (χ4v) is 11.6. The van der Waals surface area contributed by atoms with Crippen LogP contribution in [0.15, 0.2) is 156 Å². The van der Waals surface area contributed by atoms with Gasteiger partial charge < -0.3 is 19.1 Å². The van der Waals surface area contributed by atoms with Gasteiger partial charge in [0.15, 0.2) is 5.58 Å². The molecule has 0 spiro atoms. The summed E-state index contributed by atoms with van der Waals surface area (Å²) in [4.78, 5) is 7.78. The minimum Gasteiger partial charge on any atom is -0.454 e. The minimum atomic E-state index is -0.0728. The molecule has 4 heterocycles. The fourth-order valence-electron chi connectivity index (χ4n) is 11.6. The second-order valence-electron chi connectivity index (χ2n) is 18.8. The molecule has 5 heteroatoms. The van der Waals surface area contributed by atoms with Crippen molar-refractivity contribution in [2.24, 2.45) is 0 Å². The first-order valence-electron chi connectivity index (χ1n) is 21.5. The van der Waals surface area contributed by atoms with E-state index in [1.54, 1.807) is 0 Å². The Kier molecular flexibility index (Phi) is 7.18. The predicted molar refractivity (Wildman–Crippen MR) is 249 cm³/mol. The van der Waals surface area contributed by atoms with Crippen molar-refractivity contribution < 1.29 is 4.42 Å². The van der Waals surface area contributed by atoms with Gasteiger partial charge in [-0.05, 0) is 113 Å². The van der Waals surface area contributed by atoms with E-state index in [0.717, 1.165) is 34.0 Å². The largest absolute Gasteiger partial charge is 0.454 e. The molecule has 0 bridgehead atoms. The summed E-state index contributed by atoms with van der Waals surface area (Å²) in [7, 11) is 0. The number of nitrogens with zero attached hydrogens (tertiary/aromatic N) is 3. The molecule has 1 aromatic heterocycles. The maximum absolute atomic E-state index is 6.89. The molecule has 1 saturated carbocycles. The van der Waals surface area contributed by atoms with E-state index < -0.39 is 0 Å². The maximum Gasteiger partial charge on any atom is 0.252 e. The summed E-state index contributed by atoms with van der Waals surface area (Å²) in [5.41, 5.74) is 18.3. The van der Waals surface area contributed by atoms with Crippen LogP contribution in [0.1, 0.15) is 71.4 Å². The van der Waals surface area contributed by atoms with E-state index in [-0.39, 0.29) is 23.1 Å². The minimum absolute atomic E-state index is 0.00615. The van der Waals surface area contributed by atoms with Crippen molar-refractivity contribution >= 4 is 90.5 Å². The highest BCUT2D eigenvalue weighted by atomic mass is 16.3. The number of furan rings is 1. The van der Waals surface area contributed by atoms with Gasteiger partial charge in [0.05, 0.1) is 11.2 Å². The highest BCUT2D eigenvalue weighted by Gasteiger charge is 2.58. The van der Waals surface area contributed by atoms with Crippen molar-refractivity contribution in [1.29, 1.82) is 0 Å². The van der Waals surface area contributed by atoms with Gasteiger partial charge in [-0.1, -0.05) is 132 Å². The third-order valence-corrected chi connectivity index (χ3v) is 14.7. The van der Waals surface area contributed by atoms with E-state index in [1.165, 1.54) is 86.6 Å². The van der Waals surface area contributed by atoms with Crippen LogP contribution in [0.2, 0.25) is 0 Å². The summed E-state index contributed by atoms with van der Waals surface area (Å²) < 4.78 is 6.89. The fraction of sp³-hybridized carbons (Fsp3) is 0.222. The standard InChI is InChI=1S/C54H48BN3O/c1-52(2,3)35-28-29-41-47(32-35)56(36-18-8-6-9-19-36)43-24-17-25-44-50(43)55(41)42-33-40-46(58(37-20-10-7-11-21-37)54(5)31-15-14-30-53(40,54)4)34-48(42)57(44)45-26-16-23-39-38-22-12-13-27-49(38)59-51(39)45/h6-13,16-29,32-34H,14-15,30-31H2,1-5H3. The first-order chi connectivity index (χ1) is 28.7. The third-order valence-electron chi connectivity index (χ3n) is 14.7. The Balaban J connectivity index is 1.21. The molecule has 7 aromatic carbocycles. The molecule has 0 radical (unpaired) electrons. The Morgan fingerprint density at radius 1 is 0.542 bits per heavy atom. The number of rotatable bonds is 3. The van der Waals surface area contributed by atoms with Crippen molar-refractivity contribution in [1.82, 2.24) is 0 Å². The smallest absolute Gasteiger partial charge is 0.252 e. The van der Waals surface area contributed by atoms with E-state index >= 15 is 0 Å². The summed E-state index contributed by atoms with van der Waals surface area (Å²) in [5, 5.41) is 2.28. The van der Waals surface area contributed by atoms with Gasteiger partial charge in [-0.25, -0.2) is 0 Å². The van der Waals surface area contributed by atoms with Crippen molar-refractivity contribution in [3.63, 3.8) is 0 Å². The number of hydrogen-bond acceptors (Lipinski definition) is 4. The van der Waals surface area contributed by atoms with Crippen LogP contribution in [0.3, 0.4) is 0 Å². The van der Waals surface area contributed by atoms with Crippen LogP contribution in [-0.4, -0.2) is 12.3 Å². The Morgan fingerprint density at radius 3 is 1.97 bits per heavy atom. The van der Waals surface area contributed by atoms with E-state index in [4.69, 9.17) is 4.42 Å². The zero-order valence-corrected chi connectivity index (χ0v) is 34.6. The van der Waals surface area contributed by atoms with Gasteiger partial charge in [0.2, 0.25) is 0 Å². The van der Waals surface area contributed by atoms with Crippen molar-refractivity contribution in [2.45, 2.75) is 76.7 Å². The molecule has 1 aliphatic carbocycles. The van der Waals surface area contributed by atoms with E-state index in [9.17, 15) is 0 Å². The van der Waals surface area contributed by atoms with Crippen LogP contribution in [0.4, 0.5) is 45.5 Å². The lowest BCUT2D eigenvalue weighted by Gasteiger charge is -2.50. The van der Waals surface area contributed by atoms with Crippen LogP contribution in [-0.2, 0) is 10.8 Å². The van der Waals surface area contributed by atoms with Gasteiger partial charge in [0.25, 0.3) is 6.71 Å². The quantitative estimate of drug-likeness (QED) is 0.167. The van der Waals surface area contributed by atoms with Crippen molar-refractivity contribution in [3.05, 3.63) is 163 Å². The van der Waals surface area contributed by atoms with Gasteiger partial charge in [-0.2, -0.15) is 0 Å². The lowest BCUT2D eigenvalue weighted by molar-refractivity contribution is 0.195. The SMILES string of the molecule is CC(C)(C)c1ccc2c(c1)N(c1ccccc1)c1cccc3c1B2c1cc2c(cc1N3c1cccc3c1oc1ccccc13)N(c1ccccc1)C1(C)CCCCC21C. The molecule has 59 heavy (non-hydrogen) atoms. The molecule has 3 aliphatic heterocycles. The number of fused-ring (bicyclic) bond motifs is 10. The molecular formula is C54H48BN3O. The highest BCUT2D eigenvalue weighted by molar-refractivity contribution is 7.00. The first kappa shape index (κ1) is 34.8. The molecule has 0 amide bonds. The molecule has 288 valence electrons. The third kappa shape index (κ3) is 4.67. The van der Waals surface area contributed by atoms with Crippen LogP contribution in [0, 0.1) is 0 Å². The lowest BCUT2D eigenvalue weighted by Crippen LogP contribution is -2.61. The van der Waals surface area contributed by atoms with Crippen molar-refractivity contribution in [3.8, 4) is 0 Å². The lowest BCUT2D eigenvalue weighted by atomic mass is 9.33. The van der Waals surface area contributed by atoms with E-state index in [2.05, 4.69) is 201 Å².